The minimum Gasteiger partial charge on any atom is -0.369 e. The van der Waals surface area contributed by atoms with Crippen LogP contribution in [0, 0.1) is 5.92 Å². The average molecular weight is 428 g/mol. The van der Waals surface area contributed by atoms with Gasteiger partial charge in [-0.1, -0.05) is 54.1 Å². The van der Waals surface area contributed by atoms with E-state index in [2.05, 4.69) is 44.8 Å². The largest absolute Gasteiger partial charge is 0.369 e. The van der Waals surface area contributed by atoms with Crippen LogP contribution in [-0.4, -0.2) is 36.9 Å². The van der Waals surface area contributed by atoms with Gasteiger partial charge in [0.05, 0.1) is 5.92 Å². The second-order valence-electron chi connectivity index (χ2n) is 7.67. The second-order valence-corrected chi connectivity index (χ2v) is 8.07. The van der Waals surface area contributed by atoms with Crippen LogP contribution in [0.2, 0.25) is 5.02 Å². The van der Waals surface area contributed by atoms with Gasteiger partial charge in [0.25, 0.3) is 0 Å². The number of likely N-dealkylation sites (tertiary alicyclic amines) is 1. The Bertz CT molecular complexity index is 885. The molecule has 3 rings (SSSR count). The molecule has 1 heterocycles. The Kier molecular flexibility index (Phi) is 8.11. The number of piperidine rings is 1. The molecule has 1 aliphatic heterocycles. The molecule has 2 aromatic rings. The van der Waals surface area contributed by atoms with Crippen LogP contribution < -0.4 is 16.4 Å². The summed E-state index contributed by atoms with van der Waals surface area (Å²) >= 11 is 6.22. The summed E-state index contributed by atoms with van der Waals surface area (Å²) in [7, 11) is 1.75. The standard InChI is InChI=1S/C23H30ClN5O/c1-26-23(28-14-19-8-2-3-10-21(19)24)27-13-17-6-4-7-18(12-17)15-29-11-5-9-20(16-29)22(25)30/h2-4,6-8,10,12,20H,5,9,11,13-16H2,1H3,(H2,25,30)(H2,26,27,28). The predicted octanol–water partition coefficient (Wildman–Crippen LogP) is 2.90. The molecule has 0 aliphatic carbocycles. The fourth-order valence-electron chi connectivity index (χ4n) is 3.75. The minimum absolute atomic E-state index is 0.0314. The van der Waals surface area contributed by atoms with Gasteiger partial charge in [0.2, 0.25) is 5.91 Å². The van der Waals surface area contributed by atoms with Crippen LogP contribution in [0.15, 0.2) is 53.5 Å². The number of nitrogens with two attached hydrogens (primary N) is 1. The Morgan fingerprint density at radius 1 is 1.17 bits per heavy atom. The van der Waals surface area contributed by atoms with Gasteiger partial charge in [-0.15, -0.1) is 0 Å². The third-order valence-electron chi connectivity index (χ3n) is 5.39. The normalized spacial score (nSPS) is 17.5. The number of amides is 1. The number of carbonyl (C=O) groups is 1. The lowest BCUT2D eigenvalue weighted by Gasteiger charge is -2.31. The first-order valence-electron chi connectivity index (χ1n) is 10.3. The zero-order valence-electron chi connectivity index (χ0n) is 17.4. The fraction of sp³-hybridized carbons (Fsp3) is 0.391. The van der Waals surface area contributed by atoms with Crippen LogP contribution in [0.4, 0.5) is 0 Å². The Morgan fingerprint density at radius 2 is 1.93 bits per heavy atom. The highest BCUT2D eigenvalue weighted by atomic mass is 35.5. The number of guanidine groups is 1. The molecule has 1 unspecified atom stereocenters. The van der Waals surface area contributed by atoms with Crippen molar-refractivity contribution in [3.8, 4) is 0 Å². The number of benzene rings is 2. The summed E-state index contributed by atoms with van der Waals surface area (Å²) in [5, 5.41) is 7.38. The fourth-order valence-corrected chi connectivity index (χ4v) is 3.96. The van der Waals surface area contributed by atoms with Gasteiger partial charge in [0, 0.05) is 38.2 Å². The van der Waals surface area contributed by atoms with Crippen molar-refractivity contribution < 1.29 is 4.79 Å². The zero-order chi connectivity index (χ0) is 21.3. The van der Waals surface area contributed by atoms with Gasteiger partial charge in [-0.3, -0.25) is 14.7 Å². The molecule has 0 aromatic heterocycles. The molecule has 0 bridgehead atoms. The molecule has 1 saturated heterocycles. The molecule has 1 atom stereocenters. The number of halogens is 1. The van der Waals surface area contributed by atoms with Crippen LogP contribution in [0.25, 0.3) is 0 Å². The van der Waals surface area contributed by atoms with Gasteiger partial charge >= 0.3 is 0 Å². The number of primary amides is 1. The molecule has 1 fully saturated rings. The number of rotatable bonds is 7. The van der Waals surface area contributed by atoms with E-state index in [-0.39, 0.29) is 11.8 Å². The maximum Gasteiger partial charge on any atom is 0.221 e. The van der Waals surface area contributed by atoms with Gasteiger partial charge in [0.15, 0.2) is 5.96 Å². The summed E-state index contributed by atoms with van der Waals surface area (Å²) in [6.45, 7) is 3.85. The Hall–Kier alpha value is -2.57. The van der Waals surface area contributed by atoms with Gasteiger partial charge in [0.1, 0.15) is 0 Å². The highest BCUT2D eigenvalue weighted by molar-refractivity contribution is 6.31. The van der Waals surface area contributed by atoms with Crippen LogP contribution >= 0.6 is 11.6 Å². The molecule has 4 N–H and O–H groups in total. The van der Waals surface area contributed by atoms with E-state index in [1.165, 1.54) is 11.1 Å². The predicted molar refractivity (Wildman–Crippen MR) is 122 cm³/mol. The first-order valence-corrected chi connectivity index (χ1v) is 10.7. The third kappa shape index (κ3) is 6.47. The van der Waals surface area contributed by atoms with Gasteiger partial charge < -0.3 is 16.4 Å². The van der Waals surface area contributed by atoms with Gasteiger partial charge in [-0.25, -0.2) is 0 Å². The third-order valence-corrected chi connectivity index (χ3v) is 5.76. The maximum absolute atomic E-state index is 11.5. The first kappa shape index (κ1) is 22.1. The summed E-state index contributed by atoms with van der Waals surface area (Å²) in [5.41, 5.74) is 8.94. The van der Waals surface area contributed by atoms with E-state index in [1.807, 2.05) is 24.3 Å². The quantitative estimate of drug-likeness (QED) is 0.468. The number of carbonyl (C=O) groups excluding carboxylic acids is 1. The van der Waals surface area contributed by atoms with Crippen LogP contribution in [-0.2, 0) is 24.4 Å². The summed E-state index contributed by atoms with van der Waals surface area (Å²) in [6, 6.07) is 16.3. The van der Waals surface area contributed by atoms with E-state index < -0.39 is 0 Å². The molecule has 160 valence electrons. The molecule has 6 nitrogen and oxygen atoms in total. The van der Waals surface area contributed by atoms with Crippen LogP contribution in [0.5, 0.6) is 0 Å². The zero-order valence-corrected chi connectivity index (χ0v) is 18.2. The van der Waals surface area contributed by atoms with E-state index in [1.54, 1.807) is 7.05 Å². The van der Waals surface area contributed by atoms with Crippen molar-refractivity contribution >= 4 is 23.5 Å². The van der Waals surface area contributed by atoms with E-state index >= 15 is 0 Å². The number of hydrogen-bond donors (Lipinski definition) is 3. The molecule has 2 aromatic carbocycles. The Labute approximate surface area is 183 Å². The smallest absolute Gasteiger partial charge is 0.221 e. The number of nitrogens with zero attached hydrogens (tertiary/aromatic N) is 2. The van der Waals surface area contributed by atoms with Crippen LogP contribution in [0.1, 0.15) is 29.5 Å². The highest BCUT2D eigenvalue weighted by Gasteiger charge is 2.23. The summed E-state index contributed by atoms with van der Waals surface area (Å²) in [4.78, 5) is 18.1. The number of hydrogen-bond acceptors (Lipinski definition) is 3. The van der Waals surface area contributed by atoms with Gasteiger partial charge in [-0.2, -0.15) is 0 Å². The average Bonchev–Trinajstić information content (AvgIpc) is 2.75. The molecular formula is C23H30ClN5O. The molecule has 1 aliphatic rings. The molecular weight excluding hydrogens is 398 g/mol. The summed E-state index contributed by atoms with van der Waals surface area (Å²) in [6.07, 6.45) is 1.92. The monoisotopic (exact) mass is 427 g/mol. The van der Waals surface area contributed by atoms with Crippen molar-refractivity contribution in [1.82, 2.24) is 15.5 Å². The van der Waals surface area contributed by atoms with E-state index in [4.69, 9.17) is 17.3 Å². The Balaban J connectivity index is 1.51. The lowest BCUT2D eigenvalue weighted by Crippen LogP contribution is -2.40. The van der Waals surface area contributed by atoms with E-state index in [9.17, 15) is 4.79 Å². The number of aliphatic imine (C=N–C) groups is 1. The van der Waals surface area contributed by atoms with Crippen molar-refractivity contribution in [3.63, 3.8) is 0 Å². The van der Waals surface area contributed by atoms with E-state index in [0.717, 1.165) is 49.0 Å². The summed E-state index contributed by atoms with van der Waals surface area (Å²) < 4.78 is 0. The topological polar surface area (TPSA) is 82.8 Å². The van der Waals surface area contributed by atoms with Crippen molar-refractivity contribution in [2.45, 2.75) is 32.5 Å². The van der Waals surface area contributed by atoms with Crippen molar-refractivity contribution in [1.29, 1.82) is 0 Å². The van der Waals surface area contributed by atoms with Crippen LogP contribution in [0.3, 0.4) is 0 Å². The SMILES string of the molecule is CN=C(NCc1cccc(CN2CCCC(C(N)=O)C2)c1)NCc1ccccc1Cl. The lowest BCUT2D eigenvalue weighted by atomic mass is 9.97. The molecule has 0 radical (unpaired) electrons. The molecule has 0 spiro atoms. The van der Waals surface area contributed by atoms with Crippen molar-refractivity contribution in [3.05, 3.63) is 70.2 Å². The number of nitrogens with one attached hydrogen (secondary N) is 2. The summed E-state index contributed by atoms with van der Waals surface area (Å²) in [5.74, 6) is 0.505. The second kappa shape index (κ2) is 11.0. The van der Waals surface area contributed by atoms with E-state index in [0.29, 0.717) is 13.1 Å². The van der Waals surface area contributed by atoms with Crippen molar-refractivity contribution in [2.75, 3.05) is 20.1 Å². The molecule has 0 saturated carbocycles. The minimum atomic E-state index is -0.187. The highest BCUT2D eigenvalue weighted by Crippen LogP contribution is 2.19. The van der Waals surface area contributed by atoms with Gasteiger partial charge in [-0.05, 0) is 42.1 Å². The molecule has 7 heteroatoms. The maximum atomic E-state index is 11.5. The Morgan fingerprint density at radius 3 is 2.70 bits per heavy atom. The van der Waals surface area contributed by atoms with Crippen molar-refractivity contribution in [2.24, 2.45) is 16.6 Å². The molecule has 30 heavy (non-hydrogen) atoms. The molecule has 1 amide bonds. The first-order chi connectivity index (χ1) is 14.5. The lowest BCUT2D eigenvalue weighted by molar-refractivity contribution is -0.123.